The summed E-state index contributed by atoms with van der Waals surface area (Å²) in [6, 6.07) is 3.79. The van der Waals surface area contributed by atoms with Gasteiger partial charge in [-0.15, -0.1) is 0 Å². The van der Waals surface area contributed by atoms with Gasteiger partial charge in [-0.3, -0.25) is 4.98 Å². The molecular formula is C9H11N5. The molecule has 0 atom stereocenters. The standard InChI is InChI=1S/C9H11N5/c1-10-6-9-12-7-13-14(9)8-2-4-11-5-3-8/h2-5,7,10H,6H2,1H3. The minimum atomic E-state index is 0.697. The number of aromatic nitrogens is 4. The van der Waals surface area contributed by atoms with Crippen LogP contribution in [0.4, 0.5) is 0 Å². The van der Waals surface area contributed by atoms with E-state index in [2.05, 4.69) is 20.4 Å². The molecule has 2 heterocycles. The molecule has 5 heteroatoms. The molecule has 0 aromatic carbocycles. The molecular weight excluding hydrogens is 178 g/mol. The second-order valence-corrected chi connectivity index (χ2v) is 2.82. The fourth-order valence-corrected chi connectivity index (χ4v) is 1.25. The predicted octanol–water partition coefficient (Wildman–Crippen LogP) is 0.382. The lowest BCUT2D eigenvalue weighted by molar-refractivity contribution is 0.712. The third kappa shape index (κ3) is 1.62. The summed E-state index contributed by atoms with van der Waals surface area (Å²) in [5.41, 5.74) is 0.975. The van der Waals surface area contributed by atoms with E-state index in [1.165, 1.54) is 0 Å². The monoisotopic (exact) mass is 189 g/mol. The van der Waals surface area contributed by atoms with Crippen molar-refractivity contribution in [3.8, 4) is 5.69 Å². The van der Waals surface area contributed by atoms with Gasteiger partial charge in [-0.1, -0.05) is 0 Å². The second kappa shape index (κ2) is 3.97. The molecule has 0 saturated heterocycles. The average Bonchev–Trinajstić information content (AvgIpc) is 2.68. The Morgan fingerprint density at radius 1 is 1.36 bits per heavy atom. The first kappa shape index (κ1) is 8.83. The summed E-state index contributed by atoms with van der Waals surface area (Å²) in [6.07, 6.45) is 5.02. The van der Waals surface area contributed by atoms with Crippen molar-refractivity contribution in [2.75, 3.05) is 7.05 Å². The van der Waals surface area contributed by atoms with Crippen molar-refractivity contribution in [2.24, 2.45) is 0 Å². The molecule has 2 aromatic rings. The number of hydrogen-bond acceptors (Lipinski definition) is 4. The summed E-state index contributed by atoms with van der Waals surface area (Å²) in [7, 11) is 1.88. The van der Waals surface area contributed by atoms with Crippen LogP contribution in [0.5, 0.6) is 0 Å². The lowest BCUT2D eigenvalue weighted by Crippen LogP contribution is -2.12. The Morgan fingerprint density at radius 3 is 2.86 bits per heavy atom. The molecule has 2 aromatic heterocycles. The molecule has 1 N–H and O–H groups in total. The molecule has 0 unspecified atom stereocenters. The first-order valence-electron chi connectivity index (χ1n) is 4.35. The van der Waals surface area contributed by atoms with Gasteiger partial charge in [0.05, 0.1) is 12.2 Å². The van der Waals surface area contributed by atoms with Crippen LogP contribution in [0.15, 0.2) is 30.9 Å². The van der Waals surface area contributed by atoms with Gasteiger partial charge in [0.15, 0.2) is 0 Å². The van der Waals surface area contributed by atoms with Gasteiger partial charge in [0.1, 0.15) is 12.2 Å². The van der Waals surface area contributed by atoms with Gasteiger partial charge in [0.2, 0.25) is 0 Å². The Kier molecular flexibility index (Phi) is 2.51. The van der Waals surface area contributed by atoms with E-state index < -0.39 is 0 Å². The number of hydrogen-bond donors (Lipinski definition) is 1. The smallest absolute Gasteiger partial charge is 0.146 e. The Bertz CT molecular complexity index is 395. The molecule has 2 rings (SSSR count). The molecule has 0 aliphatic heterocycles. The molecule has 14 heavy (non-hydrogen) atoms. The SMILES string of the molecule is CNCc1ncnn1-c1ccncc1. The second-order valence-electron chi connectivity index (χ2n) is 2.82. The fraction of sp³-hybridized carbons (Fsp3) is 0.222. The van der Waals surface area contributed by atoms with E-state index in [0.717, 1.165) is 11.5 Å². The maximum atomic E-state index is 4.15. The Morgan fingerprint density at radius 2 is 2.14 bits per heavy atom. The van der Waals surface area contributed by atoms with Gasteiger partial charge in [-0.05, 0) is 19.2 Å². The van der Waals surface area contributed by atoms with Crippen molar-refractivity contribution < 1.29 is 0 Å². The van der Waals surface area contributed by atoms with Crippen LogP contribution in [0.2, 0.25) is 0 Å². The molecule has 0 aliphatic rings. The molecule has 72 valence electrons. The highest BCUT2D eigenvalue weighted by molar-refractivity contribution is 5.28. The van der Waals surface area contributed by atoms with E-state index in [0.29, 0.717) is 6.54 Å². The zero-order valence-electron chi connectivity index (χ0n) is 7.88. The maximum Gasteiger partial charge on any atom is 0.146 e. The summed E-state index contributed by atoms with van der Waals surface area (Å²) in [4.78, 5) is 8.11. The van der Waals surface area contributed by atoms with Crippen LogP contribution in [-0.2, 0) is 6.54 Å². The van der Waals surface area contributed by atoms with Gasteiger partial charge in [-0.2, -0.15) is 5.10 Å². The highest BCUT2D eigenvalue weighted by atomic mass is 15.3. The predicted molar refractivity (Wildman–Crippen MR) is 51.9 cm³/mol. The lowest BCUT2D eigenvalue weighted by atomic mass is 10.4. The summed E-state index contributed by atoms with van der Waals surface area (Å²) >= 11 is 0. The van der Waals surface area contributed by atoms with E-state index in [9.17, 15) is 0 Å². The third-order valence-corrected chi connectivity index (χ3v) is 1.86. The normalized spacial score (nSPS) is 10.4. The van der Waals surface area contributed by atoms with E-state index in [1.807, 2.05) is 19.2 Å². The Hall–Kier alpha value is -1.75. The van der Waals surface area contributed by atoms with Crippen LogP contribution in [0.3, 0.4) is 0 Å². The van der Waals surface area contributed by atoms with E-state index in [-0.39, 0.29) is 0 Å². The summed E-state index contributed by atoms with van der Waals surface area (Å²) in [6.45, 7) is 0.697. The molecule has 0 fully saturated rings. The van der Waals surface area contributed by atoms with Gasteiger partial charge in [0, 0.05) is 12.4 Å². The van der Waals surface area contributed by atoms with Crippen molar-refractivity contribution in [3.05, 3.63) is 36.7 Å². The molecule has 0 saturated carbocycles. The van der Waals surface area contributed by atoms with Gasteiger partial charge >= 0.3 is 0 Å². The van der Waals surface area contributed by atoms with Crippen molar-refractivity contribution in [2.45, 2.75) is 6.54 Å². The van der Waals surface area contributed by atoms with Crippen LogP contribution in [-0.4, -0.2) is 26.8 Å². The van der Waals surface area contributed by atoms with E-state index in [1.54, 1.807) is 23.4 Å². The Balaban J connectivity index is 2.37. The zero-order chi connectivity index (χ0) is 9.80. The summed E-state index contributed by atoms with van der Waals surface area (Å²) < 4.78 is 1.79. The highest BCUT2D eigenvalue weighted by Gasteiger charge is 2.03. The first-order chi connectivity index (χ1) is 6.92. The van der Waals surface area contributed by atoms with Crippen LogP contribution < -0.4 is 5.32 Å². The van der Waals surface area contributed by atoms with E-state index >= 15 is 0 Å². The van der Waals surface area contributed by atoms with Gasteiger partial charge < -0.3 is 5.32 Å². The number of rotatable bonds is 3. The topological polar surface area (TPSA) is 55.6 Å². The Labute approximate surface area is 81.8 Å². The number of nitrogens with one attached hydrogen (secondary N) is 1. The van der Waals surface area contributed by atoms with Crippen LogP contribution >= 0.6 is 0 Å². The van der Waals surface area contributed by atoms with E-state index in [4.69, 9.17) is 0 Å². The molecule has 0 bridgehead atoms. The first-order valence-corrected chi connectivity index (χ1v) is 4.35. The fourth-order valence-electron chi connectivity index (χ4n) is 1.25. The van der Waals surface area contributed by atoms with Crippen molar-refractivity contribution in [1.82, 2.24) is 25.1 Å². The average molecular weight is 189 g/mol. The molecule has 0 aliphatic carbocycles. The zero-order valence-corrected chi connectivity index (χ0v) is 7.88. The summed E-state index contributed by atoms with van der Waals surface area (Å²) in [5.74, 6) is 0.888. The van der Waals surface area contributed by atoms with Crippen LogP contribution in [0.1, 0.15) is 5.82 Å². The highest BCUT2D eigenvalue weighted by Crippen LogP contribution is 2.05. The number of nitrogens with zero attached hydrogens (tertiary/aromatic N) is 4. The third-order valence-electron chi connectivity index (χ3n) is 1.86. The van der Waals surface area contributed by atoms with Crippen molar-refractivity contribution in [1.29, 1.82) is 0 Å². The lowest BCUT2D eigenvalue weighted by Gasteiger charge is -2.04. The summed E-state index contributed by atoms with van der Waals surface area (Å²) in [5, 5.41) is 7.18. The minimum Gasteiger partial charge on any atom is -0.313 e. The van der Waals surface area contributed by atoms with Gasteiger partial charge in [-0.25, -0.2) is 9.67 Å². The van der Waals surface area contributed by atoms with Crippen molar-refractivity contribution in [3.63, 3.8) is 0 Å². The number of pyridine rings is 1. The molecule has 0 amide bonds. The molecule has 5 nitrogen and oxygen atoms in total. The van der Waals surface area contributed by atoms with Crippen LogP contribution in [0, 0.1) is 0 Å². The quantitative estimate of drug-likeness (QED) is 0.758. The van der Waals surface area contributed by atoms with Gasteiger partial charge in [0.25, 0.3) is 0 Å². The maximum absolute atomic E-state index is 4.15. The minimum absolute atomic E-state index is 0.697. The van der Waals surface area contributed by atoms with Crippen molar-refractivity contribution >= 4 is 0 Å². The van der Waals surface area contributed by atoms with Crippen LogP contribution in [0.25, 0.3) is 5.69 Å². The largest absolute Gasteiger partial charge is 0.313 e. The molecule has 0 radical (unpaired) electrons. The molecule has 0 spiro atoms.